The van der Waals surface area contributed by atoms with Gasteiger partial charge in [-0.05, 0) is 6.42 Å². The maximum absolute atomic E-state index is 11.4. The molecule has 39 heavy (non-hydrogen) atoms. The van der Waals surface area contributed by atoms with Gasteiger partial charge in [0.2, 0.25) is 0 Å². The van der Waals surface area contributed by atoms with Crippen LogP contribution < -0.4 is 0 Å². The van der Waals surface area contributed by atoms with Gasteiger partial charge in [-0.15, -0.1) is 0 Å². The summed E-state index contributed by atoms with van der Waals surface area (Å²) in [6, 6.07) is 0. The molecule has 0 heterocycles. The van der Waals surface area contributed by atoms with Crippen molar-refractivity contribution in [1.82, 2.24) is 0 Å². The van der Waals surface area contributed by atoms with E-state index in [1.165, 1.54) is 0 Å². The summed E-state index contributed by atoms with van der Waals surface area (Å²) in [5, 5.41) is 8.41. The molecule has 0 fully saturated rings. The number of ether oxygens (including phenoxy) is 10. The molecule has 0 unspecified atom stereocenters. The van der Waals surface area contributed by atoms with Crippen LogP contribution >= 0.6 is 0 Å². The average molecular weight is 571 g/mol. The van der Waals surface area contributed by atoms with Crippen LogP contribution in [0.5, 0.6) is 0 Å². The summed E-state index contributed by atoms with van der Waals surface area (Å²) in [5.74, 6) is -1.16. The van der Waals surface area contributed by atoms with Gasteiger partial charge in [-0.1, -0.05) is 19.8 Å². The zero-order valence-corrected chi connectivity index (χ0v) is 23.6. The monoisotopic (exact) mass is 570 g/mol. The highest BCUT2D eigenvalue weighted by Gasteiger charge is 2.02. The van der Waals surface area contributed by atoms with E-state index in [9.17, 15) is 9.59 Å². The van der Waals surface area contributed by atoms with E-state index in [-0.39, 0.29) is 25.8 Å². The van der Waals surface area contributed by atoms with Gasteiger partial charge in [0.1, 0.15) is 13.2 Å². The molecule has 0 rings (SSSR count). The Morgan fingerprint density at radius 2 is 0.769 bits per heavy atom. The fraction of sp³-hybridized carbons (Fsp3) is 0.923. The van der Waals surface area contributed by atoms with Crippen molar-refractivity contribution in [2.75, 3.05) is 126 Å². The number of hydrogen-bond donors (Lipinski definition) is 1. The SMILES string of the molecule is CCCCCC(=O)OCCOCCOCCOCCOCCOCCOCCOCCOCCOCC(=O)O. The molecule has 0 aromatic carbocycles. The van der Waals surface area contributed by atoms with E-state index < -0.39 is 5.97 Å². The molecule has 13 nitrogen and oxygen atoms in total. The van der Waals surface area contributed by atoms with Gasteiger partial charge in [-0.2, -0.15) is 0 Å². The Morgan fingerprint density at radius 1 is 0.462 bits per heavy atom. The number of carboxylic acids is 1. The summed E-state index contributed by atoms with van der Waals surface area (Å²) in [5.41, 5.74) is 0. The number of aliphatic carboxylic acids is 1. The van der Waals surface area contributed by atoms with Crippen LogP contribution in [0.25, 0.3) is 0 Å². The minimum atomic E-state index is -0.997. The van der Waals surface area contributed by atoms with Crippen molar-refractivity contribution in [2.24, 2.45) is 0 Å². The second-order valence-electron chi connectivity index (χ2n) is 8.02. The summed E-state index contributed by atoms with van der Waals surface area (Å²) in [4.78, 5) is 21.7. The van der Waals surface area contributed by atoms with Gasteiger partial charge in [-0.3, -0.25) is 4.79 Å². The molecular formula is C26H50O13. The Bertz CT molecular complexity index is 522. The molecule has 0 aliphatic rings. The molecule has 0 saturated heterocycles. The fourth-order valence-corrected chi connectivity index (χ4v) is 2.72. The Morgan fingerprint density at radius 3 is 1.08 bits per heavy atom. The second-order valence-corrected chi connectivity index (χ2v) is 8.02. The number of rotatable bonds is 33. The Hall–Kier alpha value is -1.42. The molecule has 0 radical (unpaired) electrons. The van der Waals surface area contributed by atoms with Crippen molar-refractivity contribution in [3.8, 4) is 0 Å². The topological polar surface area (TPSA) is 147 Å². The second kappa shape index (κ2) is 32.8. The van der Waals surface area contributed by atoms with E-state index in [0.29, 0.717) is 112 Å². The van der Waals surface area contributed by atoms with Gasteiger partial charge in [0.25, 0.3) is 0 Å². The van der Waals surface area contributed by atoms with Crippen LogP contribution in [-0.4, -0.2) is 143 Å². The Kier molecular flexibility index (Phi) is 31.6. The molecule has 0 atom stereocenters. The van der Waals surface area contributed by atoms with Gasteiger partial charge >= 0.3 is 11.9 Å². The quantitative estimate of drug-likeness (QED) is 0.0895. The largest absolute Gasteiger partial charge is 0.480 e. The summed E-state index contributed by atoms with van der Waals surface area (Å²) >= 11 is 0. The van der Waals surface area contributed by atoms with E-state index in [4.69, 9.17) is 52.5 Å². The lowest BCUT2D eigenvalue weighted by atomic mass is 10.2. The zero-order valence-electron chi connectivity index (χ0n) is 23.6. The maximum Gasteiger partial charge on any atom is 0.329 e. The molecule has 0 aliphatic heterocycles. The van der Waals surface area contributed by atoms with Crippen molar-refractivity contribution in [2.45, 2.75) is 32.6 Å². The van der Waals surface area contributed by atoms with Crippen molar-refractivity contribution < 1.29 is 62.1 Å². The van der Waals surface area contributed by atoms with Crippen LogP contribution in [0.2, 0.25) is 0 Å². The number of unbranched alkanes of at least 4 members (excludes halogenated alkanes) is 2. The standard InChI is InChI=1S/C26H50O13/c1-2-3-4-5-26(29)39-23-22-37-19-18-35-15-14-33-11-10-31-7-6-30-8-9-32-12-13-34-16-17-36-20-21-38-24-25(27)28/h2-24H2,1H3,(H,27,28). The van der Waals surface area contributed by atoms with E-state index in [2.05, 4.69) is 6.92 Å². The first-order valence-electron chi connectivity index (χ1n) is 13.7. The van der Waals surface area contributed by atoms with Gasteiger partial charge in [-0.25, -0.2) is 4.79 Å². The predicted molar refractivity (Wildman–Crippen MR) is 140 cm³/mol. The maximum atomic E-state index is 11.4. The molecule has 13 heteroatoms. The summed E-state index contributed by atoms with van der Waals surface area (Å²) < 4.78 is 52.9. The highest BCUT2D eigenvalue weighted by Crippen LogP contribution is 2.00. The minimum Gasteiger partial charge on any atom is -0.480 e. The molecule has 0 aromatic rings. The third-order valence-corrected chi connectivity index (χ3v) is 4.68. The molecule has 1 N–H and O–H groups in total. The average Bonchev–Trinajstić information content (AvgIpc) is 2.92. The van der Waals surface area contributed by atoms with E-state index in [1.807, 2.05) is 0 Å². The van der Waals surface area contributed by atoms with E-state index in [1.54, 1.807) is 0 Å². The van der Waals surface area contributed by atoms with Crippen LogP contribution in [0.15, 0.2) is 0 Å². The number of esters is 1. The van der Waals surface area contributed by atoms with Crippen LogP contribution in [-0.2, 0) is 57.0 Å². The number of carbonyl (C=O) groups excluding carboxylic acids is 1. The Labute approximate surface area is 232 Å². The van der Waals surface area contributed by atoms with Gasteiger partial charge in [0, 0.05) is 6.42 Å². The molecule has 232 valence electrons. The van der Waals surface area contributed by atoms with Crippen molar-refractivity contribution in [3.05, 3.63) is 0 Å². The predicted octanol–water partition coefficient (Wildman–Crippen LogP) is 1.34. The third kappa shape index (κ3) is 34.6. The lowest BCUT2D eigenvalue weighted by molar-refractivity contribution is -0.145. The fourth-order valence-electron chi connectivity index (χ4n) is 2.72. The van der Waals surface area contributed by atoms with Crippen LogP contribution in [0.1, 0.15) is 32.6 Å². The van der Waals surface area contributed by atoms with Crippen molar-refractivity contribution >= 4 is 11.9 Å². The van der Waals surface area contributed by atoms with Crippen molar-refractivity contribution in [1.29, 1.82) is 0 Å². The highest BCUT2D eigenvalue weighted by atomic mass is 16.6. The minimum absolute atomic E-state index is 0.165. The highest BCUT2D eigenvalue weighted by molar-refractivity contribution is 5.69. The summed E-state index contributed by atoms with van der Waals surface area (Å²) in [6.07, 6.45) is 3.48. The zero-order chi connectivity index (χ0) is 28.5. The first-order valence-corrected chi connectivity index (χ1v) is 13.7. The smallest absolute Gasteiger partial charge is 0.329 e. The van der Waals surface area contributed by atoms with Gasteiger partial charge in [0.15, 0.2) is 0 Å². The first-order chi connectivity index (χ1) is 19.2. The lowest BCUT2D eigenvalue weighted by Crippen LogP contribution is -2.15. The molecule has 0 bridgehead atoms. The molecule has 0 saturated carbocycles. The third-order valence-electron chi connectivity index (χ3n) is 4.68. The molecule has 0 spiro atoms. The molecule has 0 aliphatic carbocycles. The Balaban J connectivity index is 3.07. The van der Waals surface area contributed by atoms with Gasteiger partial charge in [0.05, 0.1) is 112 Å². The summed E-state index contributed by atoms with van der Waals surface area (Å²) in [7, 11) is 0. The van der Waals surface area contributed by atoms with E-state index in [0.717, 1.165) is 19.3 Å². The van der Waals surface area contributed by atoms with Crippen molar-refractivity contribution in [3.63, 3.8) is 0 Å². The van der Waals surface area contributed by atoms with Crippen LogP contribution in [0.3, 0.4) is 0 Å². The molecular weight excluding hydrogens is 520 g/mol. The molecule has 0 amide bonds. The number of carbonyl (C=O) groups is 2. The first kappa shape index (κ1) is 37.6. The number of hydrogen-bond acceptors (Lipinski definition) is 12. The van der Waals surface area contributed by atoms with E-state index >= 15 is 0 Å². The summed E-state index contributed by atoms with van der Waals surface area (Å²) in [6.45, 7) is 9.50. The number of carboxylic acid groups (broad SMARTS) is 1. The lowest BCUT2D eigenvalue weighted by Gasteiger charge is -2.09. The molecule has 0 aromatic heterocycles. The van der Waals surface area contributed by atoms with Crippen LogP contribution in [0, 0.1) is 0 Å². The normalized spacial score (nSPS) is 11.2. The van der Waals surface area contributed by atoms with Crippen LogP contribution in [0.4, 0.5) is 0 Å². The van der Waals surface area contributed by atoms with Gasteiger partial charge < -0.3 is 52.5 Å².